The van der Waals surface area contributed by atoms with E-state index in [1.807, 2.05) is 0 Å². The van der Waals surface area contributed by atoms with Crippen LogP contribution in [-0.2, 0) is 6.42 Å². The number of carbonyl (C=O) groups is 1. The molecule has 3 aromatic rings. The van der Waals surface area contributed by atoms with E-state index in [0.29, 0.717) is 12.2 Å². The van der Waals surface area contributed by atoms with Gasteiger partial charge in [0.1, 0.15) is 0 Å². The molecule has 6 nitrogen and oxygen atoms in total. The van der Waals surface area contributed by atoms with Crippen LogP contribution in [0, 0.1) is 0 Å². The molecule has 0 spiro atoms. The second-order valence-electron chi connectivity index (χ2n) is 9.38. The first-order valence-electron chi connectivity index (χ1n) is 12.2. The third-order valence-electron chi connectivity index (χ3n) is 7.33. The fraction of sp³-hybridized carbons (Fsp3) is 0.357. The molecule has 0 radical (unpaired) electrons. The van der Waals surface area contributed by atoms with E-state index in [1.54, 1.807) is 6.20 Å². The number of nitrogens with one attached hydrogen (secondary N) is 2. The predicted octanol–water partition coefficient (Wildman–Crippen LogP) is 5.50. The largest absolute Gasteiger partial charge is 0.478 e. The van der Waals surface area contributed by atoms with E-state index in [1.165, 1.54) is 66.0 Å². The second kappa shape index (κ2) is 9.85. The fourth-order valence-corrected chi connectivity index (χ4v) is 5.34. The second-order valence-corrected chi connectivity index (χ2v) is 9.38. The zero-order valence-electron chi connectivity index (χ0n) is 19.6. The Balaban J connectivity index is 1.30. The number of carboxylic acids is 1. The Morgan fingerprint density at radius 2 is 1.88 bits per heavy atom. The molecule has 1 aliphatic carbocycles. The molecular formula is C28H32N4O2. The van der Waals surface area contributed by atoms with Crippen LogP contribution in [0.3, 0.4) is 0 Å². The van der Waals surface area contributed by atoms with Crippen molar-refractivity contribution < 1.29 is 9.90 Å². The topological polar surface area (TPSA) is 77.5 Å². The maximum Gasteiger partial charge on any atom is 0.337 e. The number of hydrogen-bond acceptors (Lipinski definition) is 5. The summed E-state index contributed by atoms with van der Waals surface area (Å²) in [5, 5.41) is 16.3. The predicted molar refractivity (Wildman–Crippen MR) is 136 cm³/mol. The smallest absolute Gasteiger partial charge is 0.337 e. The van der Waals surface area contributed by atoms with Gasteiger partial charge in [-0.1, -0.05) is 31.0 Å². The summed E-state index contributed by atoms with van der Waals surface area (Å²) < 4.78 is 0. The monoisotopic (exact) mass is 456 g/mol. The number of carboxylic acid groups (broad SMARTS) is 1. The summed E-state index contributed by atoms with van der Waals surface area (Å²) in [5.74, 6) is -0.217. The number of anilines is 3. The Hall–Kier alpha value is -3.38. The average molecular weight is 457 g/mol. The summed E-state index contributed by atoms with van der Waals surface area (Å²) in [6, 6.07) is 17.4. The molecule has 2 aromatic carbocycles. The summed E-state index contributed by atoms with van der Waals surface area (Å²) in [7, 11) is 2.13. The van der Waals surface area contributed by atoms with Crippen molar-refractivity contribution in [2.45, 2.75) is 44.1 Å². The molecule has 1 atom stereocenters. The first-order chi connectivity index (χ1) is 16.6. The maximum atomic E-state index is 11.5. The first-order valence-corrected chi connectivity index (χ1v) is 12.2. The highest BCUT2D eigenvalue weighted by Crippen LogP contribution is 2.36. The highest BCUT2D eigenvalue weighted by Gasteiger charge is 2.22. The first kappa shape index (κ1) is 22.4. The normalized spacial score (nSPS) is 17.9. The molecule has 0 amide bonds. The molecule has 1 aliphatic heterocycles. The number of aromatic nitrogens is 1. The van der Waals surface area contributed by atoms with Crippen molar-refractivity contribution in [3.63, 3.8) is 0 Å². The van der Waals surface area contributed by atoms with Crippen molar-refractivity contribution in [3.8, 4) is 0 Å². The summed E-state index contributed by atoms with van der Waals surface area (Å²) in [6.07, 6.45) is 9.41. The van der Waals surface area contributed by atoms with Crippen molar-refractivity contribution in [3.05, 3.63) is 83.2 Å². The molecule has 34 heavy (non-hydrogen) atoms. The van der Waals surface area contributed by atoms with Crippen molar-refractivity contribution >= 4 is 23.0 Å². The molecular weight excluding hydrogens is 424 g/mol. The summed E-state index contributed by atoms with van der Waals surface area (Å²) in [6.45, 7) is 1.48. The number of hydrogen-bond donors (Lipinski definition) is 3. The van der Waals surface area contributed by atoms with Gasteiger partial charge in [-0.25, -0.2) is 4.79 Å². The van der Waals surface area contributed by atoms with Crippen LogP contribution in [0.2, 0.25) is 0 Å². The van der Waals surface area contributed by atoms with Gasteiger partial charge < -0.3 is 20.6 Å². The van der Waals surface area contributed by atoms with Crippen molar-refractivity contribution in [1.29, 1.82) is 0 Å². The number of rotatable bonds is 7. The summed E-state index contributed by atoms with van der Waals surface area (Å²) in [5.41, 5.74) is 7.23. The number of benzene rings is 2. The Kier molecular flexibility index (Phi) is 6.50. The molecule has 0 unspecified atom stereocenters. The van der Waals surface area contributed by atoms with Crippen LogP contribution < -0.4 is 15.5 Å². The lowest BCUT2D eigenvalue weighted by Crippen LogP contribution is -2.34. The van der Waals surface area contributed by atoms with Gasteiger partial charge in [-0.3, -0.25) is 4.98 Å². The van der Waals surface area contributed by atoms with E-state index in [-0.39, 0.29) is 11.6 Å². The zero-order valence-corrected chi connectivity index (χ0v) is 19.6. The van der Waals surface area contributed by atoms with Crippen LogP contribution in [0.5, 0.6) is 0 Å². The molecule has 5 rings (SSSR count). The maximum absolute atomic E-state index is 11.5. The van der Waals surface area contributed by atoms with Gasteiger partial charge in [0.15, 0.2) is 0 Å². The van der Waals surface area contributed by atoms with Gasteiger partial charge in [-0.15, -0.1) is 0 Å². The highest BCUT2D eigenvalue weighted by molar-refractivity contribution is 5.93. The molecule has 0 bridgehead atoms. The number of nitrogens with zero attached hydrogens (tertiary/aromatic N) is 2. The van der Waals surface area contributed by atoms with Gasteiger partial charge in [-0.05, 0) is 78.7 Å². The van der Waals surface area contributed by atoms with E-state index < -0.39 is 5.97 Å². The van der Waals surface area contributed by atoms with Gasteiger partial charge >= 0.3 is 5.97 Å². The van der Waals surface area contributed by atoms with E-state index in [4.69, 9.17) is 0 Å². The van der Waals surface area contributed by atoms with Gasteiger partial charge in [0.25, 0.3) is 0 Å². The standard InChI is InChI=1S/C28H32N4O2/c1-32(22-8-6-20(7-9-22)19-4-2-3-5-19)23-10-11-24-21(16-23)12-15-30-27(24)18-31-26-17-29-14-13-25(26)28(33)34/h6-11,13-14,16-17,19,27,30-31H,2-5,12,15,18H2,1H3,(H,33,34)/t27-/m0/s1. The molecule has 176 valence electrons. The highest BCUT2D eigenvalue weighted by atomic mass is 16.4. The minimum absolute atomic E-state index is 0.107. The minimum atomic E-state index is -0.953. The molecule has 1 saturated carbocycles. The van der Waals surface area contributed by atoms with Crippen LogP contribution in [0.1, 0.15) is 64.7 Å². The van der Waals surface area contributed by atoms with E-state index in [0.717, 1.165) is 18.9 Å². The van der Waals surface area contributed by atoms with Gasteiger partial charge in [0, 0.05) is 37.2 Å². The zero-order chi connectivity index (χ0) is 23.5. The van der Waals surface area contributed by atoms with Crippen LogP contribution >= 0.6 is 0 Å². The SMILES string of the molecule is CN(c1ccc(C2CCCC2)cc1)c1ccc2c(c1)CCN[C@H]2CNc1cnccc1C(=O)O. The van der Waals surface area contributed by atoms with Crippen LogP contribution in [0.15, 0.2) is 60.9 Å². The van der Waals surface area contributed by atoms with Crippen LogP contribution in [0.25, 0.3) is 0 Å². The molecule has 3 N–H and O–H groups in total. The Morgan fingerprint density at radius 3 is 2.65 bits per heavy atom. The lowest BCUT2D eigenvalue weighted by molar-refractivity contribution is 0.0697. The Bertz CT molecular complexity index is 1160. The van der Waals surface area contributed by atoms with E-state index in [2.05, 4.69) is 70.0 Å². The molecule has 2 heterocycles. The van der Waals surface area contributed by atoms with Crippen molar-refractivity contribution in [1.82, 2.24) is 10.3 Å². The summed E-state index contributed by atoms with van der Waals surface area (Å²) >= 11 is 0. The summed E-state index contributed by atoms with van der Waals surface area (Å²) in [4.78, 5) is 17.8. The molecule has 1 aromatic heterocycles. The van der Waals surface area contributed by atoms with Crippen molar-refractivity contribution in [2.75, 3.05) is 30.4 Å². The van der Waals surface area contributed by atoms with Crippen LogP contribution in [0.4, 0.5) is 17.1 Å². The lowest BCUT2D eigenvalue weighted by atomic mass is 9.93. The molecule has 2 aliphatic rings. The molecule has 0 saturated heterocycles. The van der Waals surface area contributed by atoms with E-state index in [9.17, 15) is 9.90 Å². The Morgan fingerprint density at radius 1 is 1.12 bits per heavy atom. The van der Waals surface area contributed by atoms with Gasteiger partial charge in [-0.2, -0.15) is 0 Å². The number of aromatic carboxylic acids is 1. The van der Waals surface area contributed by atoms with Crippen LogP contribution in [-0.4, -0.2) is 36.2 Å². The van der Waals surface area contributed by atoms with Gasteiger partial charge in [0.2, 0.25) is 0 Å². The van der Waals surface area contributed by atoms with E-state index >= 15 is 0 Å². The Labute approximate surface area is 201 Å². The lowest BCUT2D eigenvalue weighted by Gasteiger charge is -2.29. The van der Waals surface area contributed by atoms with Crippen molar-refractivity contribution in [2.24, 2.45) is 0 Å². The fourth-order valence-electron chi connectivity index (χ4n) is 5.34. The average Bonchev–Trinajstić information content (AvgIpc) is 3.42. The third-order valence-corrected chi connectivity index (χ3v) is 7.33. The number of pyridine rings is 1. The molecule has 6 heteroatoms. The van der Waals surface area contributed by atoms with Gasteiger partial charge in [0.05, 0.1) is 17.4 Å². The minimum Gasteiger partial charge on any atom is -0.478 e. The molecule has 1 fully saturated rings. The quantitative estimate of drug-likeness (QED) is 0.436. The number of fused-ring (bicyclic) bond motifs is 1. The third kappa shape index (κ3) is 4.64.